The van der Waals surface area contributed by atoms with Crippen molar-refractivity contribution in [3.8, 4) is 0 Å². The predicted molar refractivity (Wildman–Crippen MR) is 129 cm³/mol. The largest absolute Gasteiger partial charge is 0.372 e. The van der Waals surface area contributed by atoms with Gasteiger partial charge in [0.1, 0.15) is 0 Å². The highest BCUT2D eigenvalue weighted by Crippen LogP contribution is 2.27. The molecular formula is C24H39N3O4S. The van der Waals surface area contributed by atoms with E-state index in [2.05, 4.69) is 28.8 Å². The fourth-order valence-corrected chi connectivity index (χ4v) is 6.25. The van der Waals surface area contributed by atoms with Gasteiger partial charge in [0.25, 0.3) is 0 Å². The third-order valence-corrected chi connectivity index (χ3v) is 8.53. The molecule has 1 heterocycles. The second-order valence-corrected chi connectivity index (χ2v) is 11.6. The topological polar surface area (TPSA) is 87.7 Å². The van der Waals surface area contributed by atoms with Gasteiger partial charge in [0.05, 0.1) is 17.5 Å². The summed E-state index contributed by atoms with van der Waals surface area (Å²) in [6.45, 7) is 9.65. The van der Waals surface area contributed by atoms with E-state index in [1.807, 2.05) is 31.2 Å². The second-order valence-electron chi connectivity index (χ2n) is 9.51. The molecule has 0 radical (unpaired) electrons. The first-order valence-electron chi connectivity index (χ1n) is 12.0. The molecule has 1 aromatic carbocycles. The van der Waals surface area contributed by atoms with Gasteiger partial charge in [-0.1, -0.05) is 13.3 Å². The molecule has 1 amide bonds. The van der Waals surface area contributed by atoms with Gasteiger partial charge in [-0.05, 0) is 77.1 Å². The van der Waals surface area contributed by atoms with Gasteiger partial charge in [-0.3, -0.25) is 4.79 Å². The Balaban J connectivity index is 1.48. The Labute approximate surface area is 193 Å². The highest BCUT2D eigenvalue weighted by Gasteiger charge is 2.30. The third kappa shape index (κ3) is 6.68. The molecule has 2 N–H and O–H groups in total. The Hall–Kier alpha value is -1.64. The highest BCUT2D eigenvalue weighted by molar-refractivity contribution is 7.90. The number of amides is 1. The Kier molecular flexibility index (Phi) is 8.58. The minimum Gasteiger partial charge on any atom is -0.372 e. The summed E-state index contributed by atoms with van der Waals surface area (Å²) < 4.78 is 33.5. The average molecular weight is 466 g/mol. The number of rotatable bonds is 8. The highest BCUT2D eigenvalue weighted by atomic mass is 32.2. The lowest BCUT2D eigenvalue weighted by atomic mass is 9.86. The molecule has 0 spiro atoms. The number of carbonyl (C=O) groups is 1. The summed E-state index contributed by atoms with van der Waals surface area (Å²) in [6, 6.07) is 7.92. The monoisotopic (exact) mass is 465 g/mol. The number of benzene rings is 1. The van der Waals surface area contributed by atoms with Crippen LogP contribution in [0.2, 0.25) is 0 Å². The van der Waals surface area contributed by atoms with Gasteiger partial charge >= 0.3 is 0 Å². The van der Waals surface area contributed by atoms with E-state index in [9.17, 15) is 13.2 Å². The minimum absolute atomic E-state index is 0.0204. The Morgan fingerprint density at radius 2 is 1.69 bits per heavy atom. The zero-order chi connectivity index (χ0) is 23.3. The second kappa shape index (κ2) is 11.0. The first kappa shape index (κ1) is 25.0. The van der Waals surface area contributed by atoms with Crippen molar-refractivity contribution in [1.82, 2.24) is 4.72 Å². The van der Waals surface area contributed by atoms with Crippen LogP contribution in [0.1, 0.15) is 66.2 Å². The lowest BCUT2D eigenvalue weighted by molar-refractivity contribution is -0.120. The lowest BCUT2D eigenvalue weighted by Gasteiger charge is -2.36. The normalized spacial score (nSPS) is 27.7. The van der Waals surface area contributed by atoms with Crippen molar-refractivity contribution in [2.45, 2.75) is 89.7 Å². The number of morpholine rings is 1. The van der Waals surface area contributed by atoms with Gasteiger partial charge in [0.15, 0.2) is 0 Å². The Bertz CT molecular complexity index is 841. The zero-order valence-corrected chi connectivity index (χ0v) is 20.7. The first-order chi connectivity index (χ1) is 15.2. The molecule has 1 aliphatic heterocycles. The number of nitrogens with one attached hydrogen (secondary N) is 2. The van der Waals surface area contributed by atoms with Crippen LogP contribution in [0, 0.1) is 5.92 Å². The van der Waals surface area contributed by atoms with Crippen LogP contribution in [0.4, 0.5) is 11.4 Å². The summed E-state index contributed by atoms with van der Waals surface area (Å²) >= 11 is 0. The van der Waals surface area contributed by atoms with Gasteiger partial charge in [-0.25, -0.2) is 13.1 Å². The van der Waals surface area contributed by atoms with Crippen LogP contribution in [0.3, 0.4) is 0 Å². The van der Waals surface area contributed by atoms with Gasteiger partial charge in [-0.15, -0.1) is 0 Å². The van der Waals surface area contributed by atoms with Crippen molar-refractivity contribution >= 4 is 27.3 Å². The summed E-state index contributed by atoms with van der Waals surface area (Å²) in [6.07, 6.45) is 4.70. The lowest BCUT2D eigenvalue weighted by Crippen LogP contribution is -2.45. The molecule has 7 nitrogen and oxygen atoms in total. The number of anilines is 2. The molecule has 8 heteroatoms. The van der Waals surface area contributed by atoms with Gasteiger partial charge in [-0.2, -0.15) is 0 Å². The van der Waals surface area contributed by atoms with Crippen LogP contribution >= 0.6 is 0 Å². The minimum atomic E-state index is -3.29. The van der Waals surface area contributed by atoms with E-state index in [0.29, 0.717) is 32.1 Å². The van der Waals surface area contributed by atoms with Gasteiger partial charge < -0.3 is 15.0 Å². The Morgan fingerprint density at radius 3 is 2.25 bits per heavy atom. The molecule has 2 fully saturated rings. The molecule has 0 aromatic heterocycles. The number of sulfonamides is 1. The molecule has 32 heavy (non-hydrogen) atoms. The van der Waals surface area contributed by atoms with Crippen LogP contribution in [0.5, 0.6) is 0 Å². The van der Waals surface area contributed by atoms with Crippen molar-refractivity contribution < 1.29 is 17.9 Å². The summed E-state index contributed by atoms with van der Waals surface area (Å²) in [7, 11) is -3.29. The average Bonchev–Trinajstić information content (AvgIpc) is 2.74. The van der Waals surface area contributed by atoms with E-state index in [0.717, 1.165) is 30.9 Å². The van der Waals surface area contributed by atoms with Gasteiger partial charge in [0.2, 0.25) is 15.9 Å². The first-order valence-corrected chi connectivity index (χ1v) is 13.5. The quantitative estimate of drug-likeness (QED) is 0.608. The third-order valence-electron chi connectivity index (χ3n) is 6.57. The number of nitrogens with zero attached hydrogens (tertiary/aromatic N) is 1. The van der Waals surface area contributed by atoms with Gasteiger partial charge in [0, 0.05) is 36.4 Å². The molecule has 1 aliphatic carbocycles. The molecule has 1 aromatic rings. The maximum absolute atomic E-state index is 12.7. The SMILES string of the molecule is CCCC(C)S(=O)(=O)NC1CCC(C(=O)Nc2ccc(N3CC(C)OC(C)C3)cc2)CC1. The van der Waals surface area contributed by atoms with E-state index >= 15 is 0 Å². The smallest absolute Gasteiger partial charge is 0.227 e. The molecule has 1 saturated carbocycles. The van der Waals surface area contributed by atoms with Crippen molar-refractivity contribution in [3.63, 3.8) is 0 Å². The van der Waals surface area contributed by atoms with E-state index in [1.165, 1.54) is 0 Å². The predicted octanol–water partition coefficient (Wildman–Crippen LogP) is 3.91. The van der Waals surface area contributed by atoms with Crippen LogP contribution in [0.15, 0.2) is 24.3 Å². The van der Waals surface area contributed by atoms with Crippen LogP contribution in [-0.4, -0.2) is 50.9 Å². The summed E-state index contributed by atoms with van der Waals surface area (Å²) in [5.74, 6) is -0.0588. The summed E-state index contributed by atoms with van der Waals surface area (Å²) in [4.78, 5) is 15.1. The number of ether oxygens (including phenoxy) is 1. The Morgan fingerprint density at radius 1 is 1.09 bits per heavy atom. The van der Waals surface area contributed by atoms with E-state index in [1.54, 1.807) is 6.92 Å². The number of hydrogen-bond acceptors (Lipinski definition) is 5. The van der Waals surface area contributed by atoms with Crippen molar-refractivity contribution in [2.75, 3.05) is 23.3 Å². The van der Waals surface area contributed by atoms with E-state index in [-0.39, 0.29) is 35.3 Å². The van der Waals surface area contributed by atoms with Crippen LogP contribution in [0.25, 0.3) is 0 Å². The fraction of sp³-hybridized carbons (Fsp3) is 0.708. The molecular weight excluding hydrogens is 426 g/mol. The van der Waals surface area contributed by atoms with E-state index < -0.39 is 10.0 Å². The molecule has 3 rings (SSSR count). The summed E-state index contributed by atoms with van der Waals surface area (Å²) in [5.41, 5.74) is 1.93. The molecule has 1 saturated heterocycles. The zero-order valence-electron chi connectivity index (χ0n) is 19.8. The molecule has 0 bridgehead atoms. The maximum Gasteiger partial charge on any atom is 0.227 e. The molecule has 3 unspecified atom stereocenters. The van der Waals surface area contributed by atoms with Crippen LogP contribution in [-0.2, 0) is 19.6 Å². The molecule has 3 atom stereocenters. The summed E-state index contributed by atoms with van der Waals surface area (Å²) in [5, 5.41) is 2.66. The number of carbonyl (C=O) groups excluding carboxylic acids is 1. The van der Waals surface area contributed by atoms with Crippen LogP contribution < -0.4 is 14.9 Å². The number of hydrogen-bond donors (Lipinski definition) is 2. The molecule has 180 valence electrons. The fourth-order valence-electron chi connectivity index (χ4n) is 4.77. The standard InChI is InChI=1S/C24H39N3O4S/c1-5-6-19(4)32(29,30)26-22-9-7-20(8-10-22)24(28)25-21-11-13-23(14-12-21)27-15-17(2)31-18(3)16-27/h11-14,17-20,22,26H,5-10,15-16H2,1-4H3,(H,25,28). The van der Waals surface area contributed by atoms with E-state index in [4.69, 9.17) is 4.74 Å². The van der Waals surface area contributed by atoms with Crippen molar-refractivity contribution in [3.05, 3.63) is 24.3 Å². The van der Waals surface area contributed by atoms with Crippen molar-refractivity contribution in [2.24, 2.45) is 5.92 Å². The molecule has 2 aliphatic rings. The maximum atomic E-state index is 12.7. The van der Waals surface area contributed by atoms with Crippen molar-refractivity contribution in [1.29, 1.82) is 0 Å².